The summed E-state index contributed by atoms with van der Waals surface area (Å²) in [6.45, 7) is 3.32. The zero-order valence-electron chi connectivity index (χ0n) is 5.88. The van der Waals surface area contributed by atoms with Crippen molar-refractivity contribution in [2.24, 2.45) is 0 Å². The Balaban J connectivity index is 2.98. The fraction of sp³-hybridized carbons (Fsp3) is 0. The minimum Gasteiger partial charge on any atom is -0.289 e. The van der Waals surface area contributed by atoms with E-state index < -0.39 is 0 Å². The number of carbonyl (C=O) groups is 1. The van der Waals surface area contributed by atoms with Crippen LogP contribution in [0.25, 0.3) is 0 Å². The van der Waals surface area contributed by atoms with Gasteiger partial charge in [0.25, 0.3) is 0 Å². The van der Waals surface area contributed by atoms with E-state index in [0.717, 1.165) is 0 Å². The van der Waals surface area contributed by atoms with Crippen LogP contribution < -0.4 is 0 Å². The minimum absolute atomic E-state index is 0.190. The summed E-state index contributed by atoms with van der Waals surface area (Å²) in [5.41, 5.74) is 0.460. The molecule has 0 saturated heterocycles. The molecule has 0 N–H and O–H groups in total. The topological polar surface area (TPSA) is 17.1 Å². The van der Waals surface area contributed by atoms with E-state index in [0.29, 0.717) is 5.56 Å². The minimum atomic E-state index is -0.342. The van der Waals surface area contributed by atoms with Crippen molar-refractivity contribution >= 4 is 5.78 Å². The van der Waals surface area contributed by atoms with Crippen molar-refractivity contribution in [2.75, 3.05) is 0 Å². The highest BCUT2D eigenvalue weighted by Crippen LogP contribution is 2.03. The smallest absolute Gasteiger partial charge is 0.185 e. The lowest BCUT2D eigenvalue weighted by Crippen LogP contribution is -1.92. The molecule has 1 aromatic carbocycles. The summed E-state index contributed by atoms with van der Waals surface area (Å²) in [6, 6.07) is 5.35. The molecule has 0 spiro atoms. The van der Waals surface area contributed by atoms with Crippen molar-refractivity contribution in [3.05, 3.63) is 48.3 Å². The number of rotatable bonds is 2. The molecular formula is C9H7FO. The van der Waals surface area contributed by atoms with E-state index in [-0.39, 0.29) is 11.6 Å². The molecule has 0 radical (unpaired) electrons. The molecular weight excluding hydrogens is 143 g/mol. The molecule has 2 heteroatoms. The summed E-state index contributed by atoms with van der Waals surface area (Å²) in [4.78, 5) is 10.9. The van der Waals surface area contributed by atoms with Crippen molar-refractivity contribution in [1.82, 2.24) is 0 Å². The van der Waals surface area contributed by atoms with Crippen molar-refractivity contribution in [3.8, 4) is 0 Å². The van der Waals surface area contributed by atoms with E-state index in [4.69, 9.17) is 0 Å². The molecule has 0 saturated carbocycles. The normalized spacial score (nSPS) is 9.18. The van der Waals surface area contributed by atoms with Gasteiger partial charge >= 0.3 is 0 Å². The van der Waals surface area contributed by atoms with Crippen molar-refractivity contribution < 1.29 is 9.18 Å². The van der Waals surface area contributed by atoms with Gasteiger partial charge in [0.05, 0.1) is 0 Å². The molecule has 0 amide bonds. The highest BCUT2D eigenvalue weighted by molar-refractivity contribution is 6.04. The summed E-state index contributed by atoms with van der Waals surface area (Å²) in [5.74, 6) is -0.532. The summed E-state index contributed by atoms with van der Waals surface area (Å²) in [5, 5.41) is 0. The van der Waals surface area contributed by atoms with E-state index in [2.05, 4.69) is 6.58 Å². The zero-order chi connectivity index (χ0) is 8.27. The Morgan fingerprint density at radius 3 is 2.36 bits per heavy atom. The molecule has 1 rings (SSSR count). The standard InChI is InChI=1S/C9H7FO/c1-2-9(11)7-3-5-8(10)6-4-7/h2-6H,1H2. The molecule has 0 unspecified atom stereocenters. The van der Waals surface area contributed by atoms with Crippen LogP contribution in [0.2, 0.25) is 0 Å². The van der Waals surface area contributed by atoms with Crippen LogP contribution in [0.4, 0.5) is 4.39 Å². The number of allylic oxidation sites excluding steroid dienone is 1. The Labute approximate surface area is 64.2 Å². The van der Waals surface area contributed by atoms with Gasteiger partial charge in [-0.15, -0.1) is 0 Å². The van der Waals surface area contributed by atoms with Gasteiger partial charge < -0.3 is 0 Å². The van der Waals surface area contributed by atoms with Crippen LogP contribution in [0.15, 0.2) is 36.9 Å². The Kier molecular flexibility index (Phi) is 2.16. The number of ketones is 1. The number of halogens is 1. The SMILES string of the molecule is C=CC(=O)c1ccc(F)cc1. The maximum absolute atomic E-state index is 12.3. The Bertz CT molecular complexity index is 274. The molecule has 0 aliphatic carbocycles. The van der Waals surface area contributed by atoms with E-state index in [9.17, 15) is 9.18 Å². The first-order chi connectivity index (χ1) is 5.24. The van der Waals surface area contributed by atoms with Crippen LogP contribution in [0.1, 0.15) is 10.4 Å². The molecule has 0 aliphatic rings. The van der Waals surface area contributed by atoms with E-state index in [1.165, 1.54) is 30.3 Å². The van der Waals surface area contributed by atoms with Crippen molar-refractivity contribution in [2.45, 2.75) is 0 Å². The lowest BCUT2D eigenvalue weighted by Gasteiger charge is -1.92. The number of hydrogen-bond donors (Lipinski definition) is 0. The summed E-state index contributed by atoms with van der Waals surface area (Å²) >= 11 is 0. The van der Waals surface area contributed by atoms with Crippen molar-refractivity contribution in [1.29, 1.82) is 0 Å². The van der Waals surface area contributed by atoms with Crippen molar-refractivity contribution in [3.63, 3.8) is 0 Å². The highest BCUT2D eigenvalue weighted by atomic mass is 19.1. The monoisotopic (exact) mass is 150 g/mol. The quantitative estimate of drug-likeness (QED) is 0.466. The van der Waals surface area contributed by atoms with E-state index in [1.807, 2.05) is 0 Å². The van der Waals surface area contributed by atoms with Gasteiger partial charge in [-0.1, -0.05) is 6.58 Å². The van der Waals surface area contributed by atoms with Crippen LogP contribution in [0.5, 0.6) is 0 Å². The zero-order valence-corrected chi connectivity index (χ0v) is 5.88. The Morgan fingerprint density at radius 2 is 1.91 bits per heavy atom. The maximum atomic E-state index is 12.3. The molecule has 0 fully saturated rings. The third-order valence-corrected chi connectivity index (χ3v) is 1.31. The second kappa shape index (κ2) is 3.10. The van der Waals surface area contributed by atoms with Crippen LogP contribution in [-0.4, -0.2) is 5.78 Å². The van der Waals surface area contributed by atoms with Crippen LogP contribution in [0, 0.1) is 5.82 Å². The summed E-state index contributed by atoms with van der Waals surface area (Å²) < 4.78 is 12.3. The van der Waals surface area contributed by atoms with Gasteiger partial charge in [0, 0.05) is 5.56 Å². The molecule has 0 bridgehead atoms. The molecule has 56 valence electrons. The lowest BCUT2D eigenvalue weighted by atomic mass is 10.1. The molecule has 0 aromatic heterocycles. The maximum Gasteiger partial charge on any atom is 0.185 e. The fourth-order valence-corrected chi connectivity index (χ4v) is 0.732. The molecule has 1 aromatic rings. The highest BCUT2D eigenvalue weighted by Gasteiger charge is 1.98. The number of hydrogen-bond acceptors (Lipinski definition) is 1. The first-order valence-corrected chi connectivity index (χ1v) is 3.16. The fourth-order valence-electron chi connectivity index (χ4n) is 0.732. The second-order valence-electron chi connectivity index (χ2n) is 2.08. The van der Waals surface area contributed by atoms with Crippen LogP contribution in [-0.2, 0) is 0 Å². The molecule has 11 heavy (non-hydrogen) atoms. The molecule has 1 nitrogen and oxygen atoms in total. The predicted molar refractivity (Wildman–Crippen MR) is 40.9 cm³/mol. The molecule has 0 aliphatic heterocycles. The third kappa shape index (κ3) is 1.74. The van der Waals surface area contributed by atoms with Crippen LogP contribution >= 0.6 is 0 Å². The van der Waals surface area contributed by atoms with Gasteiger partial charge in [-0.05, 0) is 30.3 Å². The van der Waals surface area contributed by atoms with Crippen LogP contribution in [0.3, 0.4) is 0 Å². The first kappa shape index (κ1) is 7.66. The van der Waals surface area contributed by atoms with Gasteiger partial charge in [-0.25, -0.2) is 4.39 Å². The Morgan fingerprint density at radius 1 is 1.36 bits per heavy atom. The number of carbonyl (C=O) groups excluding carboxylic acids is 1. The van der Waals surface area contributed by atoms with Gasteiger partial charge in [0.15, 0.2) is 5.78 Å². The molecule has 0 atom stereocenters. The second-order valence-corrected chi connectivity index (χ2v) is 2.08. The van der Waals surface area contributed by atoms with E-state index >= 15 is 0 Å². The third-order valence-electron chi connectivity index (χ3n) is 1.31. The average molecular weight is 150 g/mol. The van der Waals surface area contributed by atoms with E-state index in [1.54, 1.807) is 0 Å². The van der Waals surface area contributed by atoms with Gasteiger partial charge in [-0.2, -0.15) is 0 Å². The van der Waals surface area contributed by atoms with Gasteiger partial charge in [0.1, 0.15) is 5.82 Å². The van der Waals surface area contributed by atoms with Gasteiger partial charge in [-0.3, -0.25) is 4.79 Å². The number of benzene rings is 1. The first-order valence-electron chi connectivity index (χ1n) is 3.16. The largest absolute Gasteiger partial charge is 0.289 e. The predicted octanol–water partition coefficient (Wildman–Crippen LogP) is 2.19. The van der Waals surface area contributed by atoms with Gasteiger partial charge in [0.2, 0.25) is 0 Å². The Hall–Kier alpha value is -1.44. The molecule has 0 heterocycles. The summed E-state index contributed by atoms with van der Waals surface area (Å²) in [6.07, 6.45) is 1.20. The average Bonchev–Trinajstić information content (AvgIpc) is 2.05. The lowest BCUT2D eigenvalue weighted by molar-refractivity contribution is 0.104. The summed E-state index contributed by atoms with van der Waals surface area (Å²) in [7, 11) is 0.